The van der Waals surface area contributed by atoms with Gasteiger partial charge in [-0.15, -0.1) is 0 Å². The van der Waals surface area contributed by atoms with Crippen LogP contribution in [0.5, 0.6) is 11.5 Å². The number of methoxy groups -OCH3 is 2. The molecule has 4 heteroatoms. The predicted molar refractivity (Wildman–Crippen MR) is 83.9 cm³/mol. The molecule has 1 unspecified atom stereocenters. The van der Waals surface area contributed by atoms with E-state index in [9.17, 15) is 0 Å². The van der Waals surface area contributed by atoms with Gasteiger partial charge in [0.05, 0.1) is 25.9 Å². The van der Waals surface area contributed by atoms with Gasteiger partial charge in [0.2, 0.25) is 0 Å². The summed E-state index contributed by atoms with van der Waals surface area (Å²) in [4.78, 5) is 0. The summed E-state index contributed by atoms with van der Waals surface area (Å²) in [5.41, 5.74) is 7.31. The van der Waals surface area contributed by atoms with Gasteiger partial charge in [0.25, 0.3) is 0 Å². The van der Waals surface area contributed by atoms with E-state index < -0.39 is 0 Å². The highest BCUT2D eigenvalue weighted by molar-refractivity contribution is 5.43. The van der Waals surface area contributed by atoms with Crippen LogP contribution in [0.25, 0.3) is 0 Å². The fourth-order valence-electron chi connectivity index (χ4n) is 3.35. The van der Waals surface area contributed by atoms with Gasteiger partial charge in [0, 0.05) is 12.2 Å². The van der Waals surface area contributed by atoms with Crippen LogP contribution >= 0.6 is 0 Å². The lowest BCUT2D eigenvalue weighted by Crippen LogP contribution is -2.45. The van der Waals surface area contributed by atoms with Crippen molar-refractivity contribution in [3.05, 3.63) is 23.8 Å². The van der Waals surface area contributed by atoms with Gasteiger partial charge in [-0.05, 0) is 38.0 Å². The Hall–Kier alpha value is -1.26. The molecule has 1 saturated carbocycles. The molecular weight excluding hydrogens is 266 g/mol. The lowest BCUT2D eigenvalue weighted by molar-refractivity contribution is -0.0834. The van der Waals surface area contributed by atoms with Crippen LogP contribution in [-0.4, -0.2) is 26.4 Å². The van der Waals surface area contributed by atoms with Gasteiger partial charge in [0.15, 0.2) is 0 Å². The molecule has 1 aliphatic rings. The molecule has 0 aromatic heterocycles. The molecule has 0 aliphatic heterocycles. The van der Waals surface area contributed by atoms with E-state index in [0.717, 1.165) is 29.9 Å². The average Bonchev–Trinajstić information content (AvgIpc) is 2.54. The summed E-state index contributed by atoms with van der Waals surface area (Å²) < 4.78 is 17.0. The minimum Gasteiger partial charge on any atom is -0.497 e. The first-order valence-corrected chi connectivity index (χ1v) is 7.78. The zero-order valence-electron chi connectivity index (χ0n) is 13.4. The Kier molecular flexibility index (Phi) is 5.48. The van der Waals surface area contributed by atoms with E-state index in [0.29, 0.717) is 6.61 Å². The number of ether oxygens (including phenoxy) is 3. The van der Waals surface area contributed by atoms with Crippen LogP contribution < -0.4 is 15.2 Å². The first-order chi connectivity index (χ1) is 10.2. The van der Waals surface area contributed by atoms with Crippen molar-refractivity contribution in [2.75, 3.05) is 20.8 Å². The van der Waals surface area contributed by atoms with E-state index in [1.807, 2.05) is 25.1 Å². The molecule has 0 spiro atoms. The second-order valence-electron chi connectivity index (χ2n) is 5.64. The Morgan fingerprint density at radius 2 is 1.86 bits per heavy atom. The quantitative estimate of drug-likeness (QED) is 0.873. The second kappa shape index (κ2) is 7.14. The van der Waals surface area contributed by atoms with Crippen LogP contribution in [0.4, 0.5) is 0 Å². The monoisotopic (exact) mass is 293 g/mol. The number of benzene rings is 1. The highest BCUT2D eigenvalue weighted by Gasteiger charge is 2.40. The Labute approximate surface area is 127 Å². The molecule has 0 saturated heterocycles. The normalized spacial score (nSPS) is 19.0. The maximum absolute atomic E-state index is 6.63. The topological polar surface area (TPSA) is 53.7 Å². The van der Waals surface area contributed by atoms with Gasteiger partial charge >= 0.3 is 0 Å². The molecule has 2 N–H and O–H groups in total. The number of hydrogen-bond donors (Lipinski definition) is 1. The van der Waals surface area contributed by atoms with Crippen molar-refractivity contribution in [2.24, 2.45) is 5.73 Å². The van der Waals surface area contributed by atoms with E-state index in [4.69, 9.17) is 19.9 Å². The number of rotatable bonds is 6. The molecule has 21 heavy (non-hydrogen) atoms. The lowest BCUT2D eigenvalue weighted by Gasteiger charge is -2.42. The van der Waals surface area contributed by atoms with Crippen LogP contribution in [0, 0.1) is 0 Å². The van der Waals surface area contributed by atoms with Gasteiger partial charge < -0.3 is 19.9 Å². The zero-order chi connectivity index (χ0) is 15.3. The van der Waals surface area contributed by atoms with Gasteiger partial charge in [-0.3, -0.25) is 0 Å². The van der Waals surface area contributed by atoms with Crippen molar-refractivity contribution in [3.63, 3.8) is 0 Å². The maximum atomic E-state index is 6.63. The van der Waals surface area contributed by atoms with Crippen molar-refractivity contribution in [1.82, 2.24) is 0 Å². The summed E-state index contributed by atoms with van der Waals surface area (Å²) in [6.45, 7) is 2.71. The van der Waals surface area contributed by atoms with E-state index in [1.54, 1.807) is 14.2 Å². The SMILES string of the molecule is CCOC1(C(N)c2cc(OC)ccc2OC)CCCCC1. The molecule has 1 aliphatic carbocycles. The summed E-state index contributed by atoms with van der Waals surface area (Å²) in [6, 6.07) is 5.57. The molecule has 1 aromatic rings. The van der Waals surface area contributed by atoms with E-state index in [2.05, 4.69) is 0 Å². The van der Waals surface area contributed by atoms with Crippen LogP contribution in [0.3, 0.4) is 0 Å². The standard InChI is InChI=1S/C17H27NO3/c1-4-21-17(10-6-5-7-11-17)16(18)14-12-13(19-2)8-9-15(14)20-3/h8-9,12,16H,4-7,10-11,18H2,1-3H3. The van der Waals surface area contributed by atoms with E-state index >= 15 is 0 Å². The summed E-state index contributed by atoms with van der Waals surface area (Å²) in [6.07, 6.45) is 5.60. The molecule has 118 valence electrons. The van der Waals surface area contributed by atoms with Gasteiger partial charge in [-0.25, -0.2) is 0 Å². The van der Waals surface area contributed by atoms with Crippen LogP contribution in [0.1, 0.15) is 50.6 Å². The summed E-state index contributed by atoms with van der Waals surface area (Å²) in [7, 11) is 3.34. The van der Waals surface area contributed by atoms with Gasteiger partial charge in [0.1, 0.15) is 11.5 Å². The maximum Gasteiger partial charge on any atom is 0.124 e. The minimum atomic E-state index is -0.285. The van der Waals surface area contributed by atoms with E-state index in [1.165, 1.54) is 19.3 Å². The summed E-state index contributed by atoms with van der Waals surface area (Å²) in [5, 5.41) is 0. The third-order valence-electron chi connectivity index (χ3n) is 4.47. The molecular formula is C17H27NO3. The fourth-order valence-corrected chi connectivity index (χ4v) is 3.35. The molecule has 2 rings (SSSR count). The Morgan fingerprint density at radius 1 is 1.14 bits per heavy atom. The second-order valence-corrected chi connectivity index (χ2v) is 5.64. The summed E-state index contributed by atoms with van der Waals surface area (Å²) >= 11 is 0. The van der Waals surface area contributed by atoms with Gasteiger partial charge in [-0.2, -0.15) is 0 Å². The molecule has 0 radical (unpaired) electrons. The minimum absolute atomic E-state index is 0.206. The van der Waals surface area contributed by atoms with E-state index in [-0.39, 0.29) is 11.6 Å². The molecule has 0 heterocycles. The van der Waals surface area contributed by atoms with Crippen molar-refractivity contribution in [2.45, 2.75) is 50.7 Å². The molecule has 0 amide bonds. The molecule has 1 fully saturated rings. The summed E-state index contributed by atoms with van der Waals surface area (Å²) in [5.74, 6) is 1.59. The number of nitrogens with two attached hydrogens (primary N) is 1. The zero-order valence-corrected chi connectivity index (χ0v) is 13.4. The first kappa shape index (κ1) is 16.1. The lowest BCUT2D eigenvalue weighted by atomic mass is 9.76. The van der Waals surface area contributed by atoms with Crippen LogP contribution in [-0.2, 0) is 4.74 Å². The van der Waals surface area contributed by atoms with Crippen LogP contribution in [0.15, 0.2) is 18.2 Å². The third-order valence-corrected chi connectivity index (χ3v) is 4.47. The van der Waals surface area contributed by atoms with Crippen molar-refractivity contribution in [1.29, 1.82) is 0 Å². The largest absolute Gasteiger partial charge is 0.497 e. The Balaban J connectivity index is 2.37. The van der Waals surface area contributed by atoms with Crippen molar-refractivity contribution >= 4 is 0 Å². The highest BCUT2D eigenvalue weighted by Crippen LogP contribution is 2.43. The fraction of sp³-hybridized carbons (Fsp3) is 0.647. The third kappa shape index (κ3) is 3.33. The van der Waals surface area contributed by atoms with Crippen LogP contribution in [0.2, 0.25) is 0 Å². The first-order valence-electron chi connectivity index (χ1n) is 7.78. The average molecular weight is 293 g/mol. The van der Waals surface area contributed by atoms with Gasteiger partial charge in [-0.1, -0.05) is 19.3 Å². The smallest absolute Gasteiger partial charge is 0.124 e. The predicted octanol–water partition coefficient (Wildman–Crippen LogP) is 3.44. The molecule has 0 bridgehead atoms. The van der Waals surface area contributed by atoms with Crippen molar-refractivity contribution in [3.8, 4) is 11.5 Å². The molecule has 1 atom stereocenters. The highest BCUT2D eigenvalue weighted by atomic mass is 16.5. The molecule has 1 aromatic carbocycles. The van der Waals surface area contributed by atoms with Crippen molar-refractivity contribution < 1.29 is 14.2 Å². The Morgan fingerprint density at radius 3 is 2.43 bits per heavy atom. The number of hydrogen-bond acceptors (Lipinski definition) is 4. The Bertz CT molecular complexity index is 450. The molecule has 4 nitrogen and oxygen atoms in total.